The van der Waals surface area contributed by atoms with Gasteiger partial charge in [0.25, 0.3) is 4.84 Å². The summed E-state index contributed by atoms with van der Waals surface area (Å²) < 4.78 is 6.99. The van der Waals surface area contributed by atoms with Crippen molar-refractivity contribution in [3.05, 3.63) is 65.3 Å². The van der Waals surface area contributed by atoms with Gasteiger partial charge in [-0.15, -0.1) is 0 Å². The van der Waals surface area contributed by atoms with Crippen molar-refractivity contribution in [1.29, 1.82) is 0 Å². The third kappa shape index (κ3) is 2.46. The number of hydrogen-bond donors (Lipinski definition) is 0. The van der Waals surface area contributed by atoms with E-state index in [1.54, 1.807) is 12.4 Å². The van der Waals surface area contributed by atoms with Gasteiger partial charge in [0.05, 0.1) is 6.54 Å². The SMILES string of the molecule is S=c1onc(-c2cccnc2)n1Cc1ccccc1. The van der Waals surface area contributed by atoms with Gasteiger partial charge in [-0.05, 0) is 29.9 Å². The van der Waals surface area contributed by atoms with Crippen molar-refractivity contribution < 1.29 is 4.52 Å². The Morgan fingerprint density at radius 3 is 2.68 bits per heavy atom. The number of nitrogens with zero attached hydrogens (tertiary/aromatic N) is 3. The van der Waals surface area contributed by atoms with Crippen LogP contribution in [0.1, 0.15) is 5.56 Å². The standard InChI is InChI=1S/C14H11N3OS/c19-14-17(10-11-5-2-1-3-6-11)13(16-18-14)12-7-4-8-15-9-12/h1-9H,10H2. The third-order valence-electron chi connectivity index (χ3n) is 2.79. The van der Waals surface area contributed by atoms with E-state index in [1.807, 2.05) is 47.0 Å². The van der Waals surface area contributed by atoms with E-state index in [4.69, 9.17) is 16.7 Å². The molecule has 0 aliphatic rings. The zero-order valence-electron chi connectivity index (χ0n) is 10.1. The lowest BCUT2D eigenvalue weighted by Gasteiger charge is -2.05. The van der Waals surface area contributed by atoms with E-state index < -0.39 is 0 Å². The summed E-state index contributed by atoms with van der Waals surface area (Å²) in [5.41, 5.74) is 2.03. The van der Waals surface area contributed by atoms with E-state index in [-0.39, 0.29) is 0 Å². The highest BCUT2D eigenvalue weighted by molar-refractivity contribution is 7.71. The molecule has 0 spiro atoms. The molecule has 94 valence electrons. The first-order valence-electron chi connectivity index (χ1n) is 5.85. The van der Waals surface area contributed by atoms with Crippen molar-refractivity contribution >= 4 is 12.2 Å². The lowest BCUT2D eigenvalue weighted by Crippen LogP contribution is -2.02. The van der Waals surface area contributed by atoms with Gasteiger partial charge in [-0.1, -0.05) is 35.5 Å². The number of benzene rings is 1. The monoisotopic (exact) mass is 269 g/mol. The second-order valence-electron chi connectivity index (χ2n) is 4.09. The van der Waals surface area contributed by atoms with Gasteiger partial charge in [-0.2, -0.15) is 0 Å². The van der Waals surface area contributed by atoms with E-state index in [1.165, 1.54) is 0 Å². The van der Waals surface area contributed by atoms with Gasteiger partial charge in [-0.3, -0.25) is 9.55 Å². The summed E-state index contributed by atoms with van der Waals surface area (Å²) in [7, 11) is 0. The van der Waals surface area contributed by atoms with Crippen LogP contribution in [0, 0.1) is 4.84 Å². The summed E-state index contributed by atoms with van der Waals surface area (Å²) in [6.45, 7) is 0.632. The summed E-state index contributed by atoms with van der Waals surface area (Å²) in [6.07, 6.45) is 3.47. The molecular weight excluding hydrogens is 258 g/mol. The Balaban J connectivity index is 2.03. The van der Waals surface area contributed by atoms with Gasteiger partial charge >= 0.3 is 0 Å². The molecule has 2 heterocycles. The van der Waals surface area contributed by atoms with Crippen molar-refractivity contribution in [1.82, 2.24) is 14.7 Å². The fraction of sp³-hybridized carbons (Fsp3) is 0.0714. The van der Waals surface area contributed by atoms with Gasteiger partial charge in [-0.25, -0.2) is 0 Å². The lowest BCUT2D eigenvalue weighted by molar-refractivity contribution is 0.398. The van der Waals surface area contributed by atoms with Crippen molar-refractivity contribution in [2.75, 3.05) is 0 Å². The highest BCUT2D eigenvalue weighted by Gasteiger charge is 2.10. The van der Waals surface area contributed by atoms with Crippen LogP contribution in [-0.4, -0.2) is 14.7 Å². The van der Waals surface area contributed by atoms with Crippen LogP contribution in [0.4, 0.5) is 0 Å². The predicted molar refractivity (Wildman–Crippen MR) is 74.1 cm³/mol. The second-order valence-corrected chi connectivity index (χ2v) is 4.43. The zero-order chi connectivity index (χ0) is 13.1. The Labute approximate surface area is 115 Å². The minimum absolute atomic E-state index is 0.364. The number of pyridine rings is 1. The largest absolute Gasteiger partial charge is 0.324 e. The van der Waals surface area contributed by atoms with Crippen LogP contribution in [-0.2, 0) is 6.54 Å². The smallest absolute Gasteiger partial charge is 0.298 e. The van der Waals surface area contributed by atoms with E-state index in [9.17, 15) is 0 Å². The molecular formula is C14H11N3OS. The van der Waals surface area contributed by atoms with Crippen LogP contribution in [0.15, 0.2) is 59.4 Å². The number of hydrogen-bond acceptors (Lipinski definition) is 4. The molecule has 0 aliphatic carbocycles. The van der Waals surface area contributed by atoms with Crippen LogP contribution in [0.3, 0.4) is 0 Å². The normalized spacial score (nSPS) is 10.5. The Kier molecular flexibility index (Phi) is 3.20. The van der Waals surface area contributed by atoms with E-state index >= 15 is 0 Å². The molecule has 0 saturated heterocycles. The molecule has 0 unspecified atom stereocenters. The number of aromatic nitrogens is 3. The summed E-state index contributed by atoms with van der Waals surface area (Å²) >= 11 is 5.19. The van der Waals surface area contributed by atoms with Crippen LogP contribution in [0.5, 0.6) is 0 Å². The molecule has 3 aromatic rings. The molecule has 0 N–H and O–H groups in total. The molecule has 1 aromatic carbocycles. The third-order valence-corrected chi connectivity index (χ3v) is 3.08. The van der Waals surface area contributed by atoms with Crippen molar-refractivity contribution in [3.63, 3.8) is 0 Å². The first kappa shape index (κ1) is 11.8. The molecule has 0 radical (unpaired) electrons. The van der Waals surface area contributed by atoms with Crippen LogP contribution in [0.25, 0.3) is 11.4 Å². The van der Waals surface area contributed by atoms with E-state index in [0.29, 0.717) is 17.2 Å². The average Bonchev–Trinajstić information content (AvgIpc) is 2.82. The van der Waals surface area contributed by atoms with Crippen molar-refractivity contribution in [3.8, 4) is 11.4 Å². The molecule has 2 aromatic heterocycles. The van der Waals surface area contributed by atoms with Gasteiger partial charge in [0.2, 0.25) is 0 Å². The Morgan fingerprint density at radius 1 is 1.11 bits per heavy atom. The highest BCUT2D eigenvalue weighted by Crippen LogP contribution is 2.18. The molecule has 0 amide bonds. The molecule has 19 heavy (non-hydrogen) atoms. The van der Waals surface area contributed by atoms with Gasteiger partial charge in [0.15, 0.2) is 5.82 Å². The molecule has 5 heteroatoms. The maximum atomic E-state index is 5.19. The lowest BCUT2D eigenvalue weighted by atomic mass is 10.2. The van der Waals surface area contributed by atoms with Gasteiger partial charge < -0.3 is 4.52 Å². The molecule has 0 fully saturated rings. The first-order chi connectivity index (χ1) is 9.34. The molecule has 0 saturated carbocycles. The number of rotatable bonds is 3. The minimum Gasteiger partial charge on any atom is -0.324 e. The Bertz CT molecular complexity index is 719. The topological polar surface area (TPSA) is 43.9 Å². The van der Waals surface area contributed by atoms with Gasteiger partial charge in [0, 0.05) is 18.0 Å². The van der Waals surface area contributed by atoms with Crippen LogP contribution in [0.2, 0.25) is 0 Å². The maximum absolute atomic E-state index is 5.19. The fourth-order valence-electron chi connectivity index (χ4n) is 1.88. The maximum Gasteiger partial charge on any atom is 0.298 e. The van der Waals surface area contributed by atoms with Crippen molar-refractivity contribution in [2.24, 2.45) is 0 Å². The molecule has 3 rings (SSSR count). The Hall–Kier alpha value is -2.27. The van der Waals surface area contributed by atoms with Crippen molar-refractivity contribution in [2.45, 2.75) is 6.54 Å². The van der Waals surface area contributed by atoms with E-state index in [2.05, 4.69) is 10.1 Å². The van der Waals surface area contributed by atoms with E-state index in [0.717, 1.165) is 11.1 Å². The second kappa shape index (κ2) is 5.16. The summed E-state index contributed by atoms with van der Waals surface area (Å²) in [4.78, 5) is 4.45. The van der Waals surface area contributed by atoms with Gasteiger partial charge in [0.1, 0.15) is 0 Å². The van der Waals surface area contributed by atoms with Crippen LogP contribution >= 0.6 is 12.2 Å². The summed E-state index contributed by atoms with van der Waals surface area (Å²) in [6, 6.07) is 13.9. The molecule has 0 bridgehead atoms. The molecule has 0 aliphatic heterocycles. The summed E-state index contributed by atoms with van der Waals surface area (Å²) in [5, 5.41) is 4.03. The van der Waals surface area contributed by atoms with Crippen LogP contribution < -0.4 is 0 Å². The zero-order valence-corrected chi connectivity index (χ0v) is 10.9. The predicted octanol–water partition coefficient (Wildman–Crippen LogP) is 3.32. The minimum atomic E-state index is 0.364. The first-order valence-corrected chi connectivity index (χ1v) is 6.26. The fourth-order valence-corrected chi connectivity index (χ4v) is 2.06. The average molecular weight is 269 g/mol. The molecule has 0 atom stereocenters. The molecule has 4 nitrogen and oxygen atoms in total. The quantitative estimate of drug-likeness (QED) is 0.684. The highest BCUT2D eigenvalue weighted by atomic mass is 32.1. The Morgan fingerprint density at radius 2 is 1.95 bits per heavy atom. The summed E-state index contributed by atoms with van der Waals surface area (Å²) in [5.74, 6) is 0.696.